The molecule has 4 nitrogen and oxygen atoms in total. The quantitative estimate of drug-likeness (QED) is 0.221. The minimum Gasteiger partial charge on any atom is -0.355 e. The monoisotopic (exact) mass is 378 g/mol. The molecule has 0 rings (SSSR count). The first-order valence-corrected chi connectivity index (χ1v) is 13.4. The molecule has 0 fully saturated rings. The van der Waals surface area contributed by atoms with Crippen molar-refractivity contribution in [2.45, 2.75) is 90.1 Å². The second kappa shape index (κ2) is 14.4. The van der Waals surface area contributed by atoms with Crippen LogP contribution in [0.25, 0.3) is 0 Å². The fourth-order valence-corrected chi connectivity index (χ4v) is 6.98. The van der Waals surface area contributed by atoms with E-state index in [2.05, 4.69) is 41.5 Å². The molecule has 0 aliphatic rings. The number of hydrogen-bond acceptors (Lipinski definition) is 4. The maximum Gasteiger partial charge on any atom is 0.142 e. The average Bonchev–Trinajstić information content (AvgIpc) is 2.59. The molecule has 0 amide bonds. The molecule has 0 N–H and O–H groups in total. The lowest BCUT2D eigenvalue weighted by molar-refractivity contribution is -0.170. The Balaban J connectivity index is 4.33. The molecule has 0 heterocycles. The third kappa shape index (κ3) is 11.8. The Hall–Kier alpha value is 0.274. The van der Waals surface area contributed by atoms with E-state index in [1.165, 1.54) is 12.1 Å². The van der Waals surface area contributed by atoms with E-state index >= 15 is 0 Å². The summed E-state index contributed by atoms with van der Waals surface area (Å²) in [5, 5.41) is 0. The van der Waals surface area contributed by atoms with Crippen molar-refractivity contribution >= 4 is 19.0 Å². The van der Waals surface area contributed by atoms with Gasteiger partial charge < -0.3 is 18.9 Å². The van der Waals surface area contributed by atoms with Crippen molar-refractivity contribution < 1.29 is 18.9 Å². The number of ether oxygens (including phenoxy) is 4. The van der Waals surface area contributed by atoms with E-state index in [-0.39, 0.29) is 10.8 Å². The summed E-state index contributed by atoms with van der Waals surface area (Å²) in [5.74, 6) is 0. The Morgan fingerprint density at radius 1 is 0.542 bits per heavy atom. The lowest BCUT2D eigenvalue weighted by atomic mass is 10.5. The molecule has 0 unspecified atom stereocenters. The zero-order chi connectivity index (χ0) is 18.3. The van der Waals surface area contributed by atoms with Crippen LogP contribution in [0.5, 0.6) is 0 Å². The van der Waals surface area contributed by atoms with Gasteiger partial charge in [0.25, 0.3) is 0 Å². The van der Waals surface area contributed by atoms with E-state index in [0.717, 1.165) is 52.1 Å². The largest absolute Gasteiger partial charge is 0.355 e. The van der Waals surface area contributed by atoms with Crippen LogP contribution in [0, 0.1) is 0 Å². The highest BCUT2D eigenvalue weighted by atomic mass is 28.2. The molecule has 0 saturated heterocycles. The van der Waals surface area contributed by atoms with Gasteiger partial charge in [0, 0.05) is 26.4 Å². The summed E-state index contributed by atoms with van der Waals surface area (Å²) in [6.07, 6.45) is 4.17. The van der Waals surface area contributed by atoms with Crippen LogP contribution in [-0.2, 0) is 18.9 Å². The van der Waals surface area contributed by atoms with E-state index in [1.54, 1.807) is 0 Å². The molecule has 0 radical (unpaired) electrons. The topological polar surface area (TPSA) is 36.9 Å². The molecule has 6 heteroatoms. The lowest BCUT2D eigenvalue weighted by Gasteiger charge is -2.32. The van der Waals surface area contributed by atoms with E-state index in [4.69, 9.17) is 18.9 Å². The molecule has 0 spiro atoms. The van der Waals surface area contributed by atoms with Crippen LogP contribution in [0.3, 0.4) is 0 Å². The van der Waals surface area contributed by atoms with Gasteiger partial charge in [0.2, 0.25) is 0 Å². The molecule has 0 saturated carbocycles. The maximum atomic E-state index is 6.04. The Morgan fingerprint density at radius 2 is 0.792 bits per heavy atom. The van der Waals surface area contributed by atoms with Crippen molar-refractivity contribution in [1.29, 1.82) is 0 Å². The molecule has 146 valence electrons. The van der Waals surface area contributed by atoms with E-state index < -0.39 is 19.0 Å². The van der Waals surface area contributed by atoms with Crippen molar-refractivity contribution in [3.05, 3.63) is 0 Å². The van der Waals surface area contributed by atoms with Gasteiger partial charge in [0.05, 0.1) is 19.0 Å². The minimum absolute atomic E-state index is 0.300. The smallest absolute Gasteiger partial charge is 0.142 e. The van der Waals surface area contributed by atoms with E-state index in [9.17, 15) is 0 Å². The molecule has 0 aromatic carbocycles. The normalized spacial score (nSPS) is 13.8. The molecular weight excluding hydrogens is 336 g/mol. The highest BCUT2D eigenvalue weighted by molar-refractivity contribution is 6.45. The van der Waals surface area contributed by atoms with Crippen LogP contribution in [0.15, 0.2) is 0 Å². The van der Waals surface area contributed by atoms with Crippen LogP contribution in [0.4, 0.5) is 0 Å². The Kier molecular flexibility index (Phi) is 14.6. The SMILES string of the molecule is CCCOC(C)(OCCC)[SiH2]CC[SiH2]C(C)(OCCC)OCCC. The fourth-order valence-electron chi connectivity index (χ4n) is 2.54. The van der Waals surface area contributed by atoms with Gasteiger partial charge in [-0.05, 0) is 39.5 Å². The summed E-state index contributed by atoms with van der Waals surface area (Å²) in [7, 11) is -0.880. The van der Waals surface area contributed by atoms with Crippen LogP contribution >= 0.6 is 0 Å². The second-order valence-corrected chi connectivity index (χ2v) is 11.9. The minimum atomic E-state index is -0.440. The maximum absolute atomic E-state index is 6.04. The molecule has 0 bridgehead atoms. The molecular formula is C18H42O4Si2. The highest BCUT2D eigenvalue weighted by Gasteiger charge is 2.28. The molecule has 0 aliphatic carbocycles. The van der Waals surface area contributed by atoms with Gasteiger partial charge in [0.15, 0.2) is 0 Å². The lowest BCUT2D eigenvalue weighted by Crippen LogP contribution is -2.42. The summed E-state index contributed by atoms with van der Waals surface area (Å²) >= 11 is 0. The van der Waals surface area contributed by atoms with Gasteiger partial charge in [-0.15, -0.1) is 0 Å². The summed E-state index contributed by atoms with van der Waals surface area (Å²) < 4.78 is 24.1. The van der Waals surface area contributed by atoms with Crippen LogP contribution < -0.4 is 0 Å². The first kappa shape index (κ1) is 24.3. The Bertz CT molecular complexity index is 246. The predicted octanol–water partition coefficient (Wildman–Crippen LogP) is 3.21. The first-order chi connectivity index (χ1) is 11.4. The van der Waals surface area contributed by atoms with Crippen molar-refractivity contribution in [3.8, 4) is 0 Å². The average molecular weight is 379 g/mol. The Morgan fingerprint density at radius 3 is 1.00 bits per heavy atom. The van der Waals surface area contributed by atoms with Crippen molar-refractivity contribution in [1.82, 2.24) is 0 Å². The molecule has 0 aromatic heterocycles. The molecule has 0 atom stereocenters. The zero-order valence-electron chi connectivity index (χ0n) is 17.1. The van der Waals surface area contributed by atoms with Crippen molar-refractivity contribution in [2.75, 3.05) is 26.4 Å². The van der Waals surface area contributed by atoms with Gasteiger partial charge in [0.1, 0.15) is 10.8 Å². The summed E-state index contributed by atoms with van der Waals surface area (Å²) in [6.45, 7) is 16.1. The van der Waals surface area contributed by atoms with Gasteiger partial charge in [-0.3, -0.25) is 0 Å². The van der Waals surface area contributed by atoms with E-state index in [0.29, 0.717) is 0 Å². The highest BCUT2D eigenvalue weighted by Crippen LogP contribution is 2.18. The second-order valence-electron chi connectivity index (χ2n) is 6.87. The first-order valence-electron chi connectivity index (χ1n) is 10.0. The zero-order valence-corrected chi connectivity index (χ0v) is 19.9. The third-order valence-electron chi connectivity index (χ3n) is 3.96. The standard InChI is InChI=1S/C18H42O4Si2/c1-7-11-19-17(5,20-12-8-2)23-15-16-24-18(6,21-13-9-3)22-14-10-4/h7-16,23-24H2,1-6H3. The van der Waals surface area contributed by atoms with Crippen molar-refractivity contribution in [2.24, 2.45) is 0 Å². The molecule has 24 heavy (non-hydrogen) atoms. The van der Waals surface area contributed by atoms with Crippen LogP contribution in [0.1, 0.15) is 67.2 Å². The summed E-state index contributed by atoms with van der Waals surface area (Å²) in [5.41, 5.74) is -0.600. The van der Waals surface area contributed by atoms with Gasteiger partial charge in [-0.2, -0.15) is 0 Å². The van der Waals surface area contributed by atoms with E-state index in [1.807, 2.05) is 0 Å². The number of rotatable bonds is 17. The summed E-state index contributed by atoms with van der Waals surface area (Å²) in [6, 6.07) is 2.49. The molecule has 0 aliphatic heterocycles. The Labute approximate surface area is 155 Å². The predicted molar refractivity (Wildman–Crippen MR) is 108 cm³/mol. The van der Waals surface area contributed by atoms with Gasteiger partial charge in [-0.25, -0.2) is 0 Å². The molecule has 0 aromatic rings. The van der Waals surface area contributed by atoms with Crippen molar-refractivity contribution in [3.63, 3.8) is 0 Å². The van der Waals surface area contributed by atoms with Gasteiger partial charge in [-0.1, -0.05) is 39.8 Å². The van der Waals surface area contributed by atoms with Crippen LogP contribution in [0.2, 0.25) is 12.1 Å². The number of hydrogen-bond donors (Lipinski definition) is 0. The summed E-state index contributed by atoms with van der Waals surface area (Å²) in [4.78, 5) is 0. The van der Waals surface area contributed by atoms with Crippen LogP contribution in [-0.4, -0.2) is 56.3 Å². The fraction of sp³-hybridized carbons (Fsp3) is 1.00. The third-order valence-corrected chi connectivity index (χ3v) is 9.30. The van der Waals surface area contributed by atoms with Gasteiger partial charge >= 0.3 is 0 Å².